The Morgan fingerprint density at radius 1 is 1.47 bits per heavy atom. The van der Waals surface area contributed by atoms with Crippen LogP contribution in [0, 0.1) is 12.7 Å². The Balaban J connectivity index is 2.40. The highest BCUT2D eigenvalue weighted by Crippen LogP contribution is 2.10. The molecule has 82 valence electrons. The minimum atomic E-state index is -0.161. The Labute approximate surface area is 91.0 Å². The van der Waals surface area contributed by atoms with Crippen LogP contribution in [-0.4, -0.2) is 13.1 Å². The zero-order valence-electron chi connectivity index (χ0n) is 9.44. The van der Waals surface area contributed by atoms with Gasteiger partial charge in [0.05, 0.1) is 0 Å². The summed E-state index contributed by atoms with van der Waals surface area (Å²) in [6.45, 7) is 9.50. The zero-order valence-corrected chi connectivity index (χ0v) is 9.44. The van der Waals surface area contributed by atoms with E-state index in [1.54, 1.807) is 6.07 Å². The van der Waals surface area contributed by atoms with Crippen LogP contribution < -0.4 is 5.32 Å². The molecule has 1 aromatic carbocycles. The van der Waals surface area contributed by atoms with Crippen molar-refractivity contribution in [3.05, 3.63) is 47.3 Å². The van der Waals surface area contributed by atoms with Gasteiger partial charge >= 0.3 is 0 Å². The van der Waals surface area contributed by atoms with Gasteiger partial charge in [-0.2, -0.15) is 0 Å². The first kappa shape index (κ1) is 11.9. The van der Waals surface area contributed by atoms with Crippen molar-refractivity contribution in [2.75, 3.05) is 13.1 Å². The second-order valence-corrected chi connectivity index (χ2v) is 3.95. The summed E-state index contributed by atoms with van der Waals surface area (Å²) in [5.41, 5.74) is 3.35. The average molecular weight is 207 g/mol. The molecule has 0 aliphatic rings. The number of benzene rings is 1. The molecule has 0 amide bonds. The third-order valence-electron chi connectivity index (χ3n) is 2.30. The molecule has 15 heavy (non-hydrogen) atoms. The predicted molar refractivity (Wildman–Crippen MR) is 62.5 cm³/mol. The number of aryl methyl sites for hydroxylation is 1. The van der Waals surface area contributed by atoms with Crippen LogP contribution in [0.2, 0.25) is 0 Å². The number of hydrogen-bond donors (Lipinski definition) is 1. The minimum Gasteiger partial charge on any atom is -0.313 e. The van der Waals surface area contributed by atoms with E-state index in [1.807, 2.05) is 19.9 Å². The van der Waals surface area contributed by atoms with Crippen molar-refractivity contribution in [3.8, 4) is 0 Å². The topological polar surface area (TPSA) is 12.0 Å². The maximum atomic E-state index is 12.8. The van der Waals surface area contributed by atoms with Gasteiger partial charge in [-0.25, -0.2) is 4.39 Å². The molecule has 1 aromatic rings. The summed E-state index contributed by atoms with van der Waals surface area (Å²) >= 11 is 0. The Kier molecular flexibility index (Phi) is 4.50. The Morgan fingerprint density at radius 2 is 2.20 bits per heavy atom. The molecule has 1 rings (SSSR count). The highest BCUT2D eigenvalue weighted by Gasteiger charge is 1.99. The molecule has 0 saturated heterocycles. The molecule has 0 bridgehead atoms. The molecule has 2 heteroatoms. The highest BCUT2D eigenvalue weighted by atomic mass is 19.1. The maximum Gasteiger partial charge on any atom is 0.123 e. The molecule has 0 unspecified atom stereocenters. The first-order chi connectivity index (χ1) is 7.09. The van der Waals surface area contributed by atoms with Crippen molar-refractivity contribution in [3.63, 3.8) is 0 Å². The van der Waals surface area contributed by atoms with Crippen LogP contribution in [0.25, 0.3) is 0 Å². The lowest BCUT2D eigenvalue weighted by Crippen LogP contribution is -2.19. The van der Waals surface area contributed by atoms with Crippen molar-refractivity contribution in [2.24, 2.45) is 0 Å². The summed E-state index contributed by atoms with van der Waals surface area (Å²) in [6, 6.07) is 4.95. The van der Waals surface area contributed by atoms with Gasteiger partial charge in [0, 0.05) is 6.54 Å². The third-order valence-corrected chi connectivity index (χ3v) is 2.30. The summed E-state index contributed by atoms with van der Waals surface area (Å²) in [7, 11) is 0. The van der Waals surface area contributed by atoms with Crippen molar-refractivity contribution in [2.45, 2.75) is 20.3 Å². The van der Waals surface area contributed by atoms with Crippen LogP contribution in [-0.2, 0) is 6.42 Å². The molecular formula is C13H18FN. The highest BCUT2D eigenvalue weighted by molar-refractivity contribution is 5.26. The van der Waals surface area contributed by atoms with E-state index in [-0.39, 0.29) is 5.82 Å². The van der Waals surface area contributed by atoms with Gasteiger partial charge < -0.3 is 5.32 Å². The summed E-state index contributed by atoms with van der Waals surface area (Å²) < 4.78 is 12.8. The smallest absolute Gasteiger partial charge is 0.123 e. The van der Waals surface area contributed by atoms with Crippen LogP contribution in [0.15, 0.2) is 30.4 Å². The largest absolute Gasteiger partial charge is 0.313 e. The Bertz CT molecular complexity index is 344. The van der Waals surface area contributed by atoms with E-state index in [0.29, 0.717) is 0 Å². The molecule has 0 aliphatic carbocycles. The number of hydrogen-bond acceptors (Lipinski definition) is 1. The maximum absolute atomic E-state index is 12.8. The molecule has 0 saturated carbocycles. The average Bonchev–Trinajstić information content (AvgIpc) is 2.14. The van der Waals surface area contributed by atoms with E-state index >= 15 is 0 Å². The van der Waals surface area contributed by atoms with Gasteiger partial charge in [0.15, 0.2) is 0 Å². The van der Waals surface area contributed by atoms with E-state index in [4.69, 9.17) is 0 Å². The molecular weight excluding hydrogens is 189 g/mol. The second kappa shape index (κ2) is 5.66. The molecule has 1 N–H and O–H groups in total. The van der Waals surface area contributed by atoms with Gasteiger partial charge in [0.25, 0.3) is 0 Å². The van der Waals surface area contributed by atoms with Gasteiger partial charge in [0.1, 0.15) is 5.82 Å². The normalized spacial score (nSPS) is 10.3. The molecule has 0 atom stereocenters. The molecule has 0 spiro atoms. The quantitative estimate of drug-likeness (QED) is 0.578. The SMILES string of the molecule is C=C(C)CNCCc1ccc(F)cc1C. The lowest BCUT2D eigenvalue weighted by molar-refractivity contribution is 0.625. The molecule has 0 radical (unpaired) electrons. The van der Waals surface area contributed by atoms with Crippen LogP contribution in [0.5, 0.6) is 0 Å². The fourth-order valence-electron chi connectivity index (χ4n) is 1.46. The third kappa shape index (κ3) is 4.26. The van der Waals surface area contributed by atoms with E-state index in [9.17, 15) is 4.39 Å². The van der Waals surface area contributed by atoms with E-state index in [2.05, 4.69) is 11.9 Å². The lowest BCUT2D eigenvalue weighted by atomic mass is 10.1. The Hall–Kier alpha value is -1.15. The van der Waals surface area contributed by atoms with Crippen LogP contribution >= 0.6 is 0 Å². The molecule has 0 aromatic heterocycles. The van der Waals surface area contributed by atoms with Crippen LogP contribution in [0.3, 0.4) is 0 Å². The fourth-order valence-corrected chi connectivity index (χ4v) is 1.46. The van der Waals surface area contributed by atoms with Crippen molar-refractivity contribution >= 4 is 0 Å². The number of rotatable bonds is 5. The van der Waals surface area contributed by atoms with Crippen LogP contribution in [0.4, 0.5) is 4.39 Å². The minimum absolute atomic E-state index is 0.161. The van der Waals surface area contributed by atoms with Gasteiger partial charge in [-0.1, -0.05) is 18.2 Å². The summed E-state index contributed by atoms with van der Waals surface area (Å²) in [5.74, 6) is -0.161. The van der Waals surface area contributed by atoms with E-state index in [1.165, 1.54) is 11.6 Å². The van der Waals surface area contributed by atoms with Crippen LogP contribution in [0.1, 0.15) is 18.1 Å². The summed E-state index contributed by atoms with van der Waals surface area (Å²) in [6.07, 6.45) is 0.930. The van der Waals surface area contributed by atoms with Gasteiger partial charge in [-0.3, -0.25) is 0 Å². The summed E-state index contributed by atoms with van der Waals surface area (Å²) in [4.78, 5) is 0. The molecule has 0 aliphatic heterocycles. The second-order valence-electron chi connectivity index (χ2n) is 3.95. The van der Waals surface area contributed by atoms with Crippen molar-refractivity contribution in [1.29, 1.82) is 0 Å². The Morgan fingerprint density at radius 3 is 2.80 bits per heavy atom. The molecule has 0 fully saturated rings. The first-order valence-corrected chi connectivity index (χ1v) is 5.19. The van der Waals surface area contributed by atoms with E-state index < -0.39 is 0 Å². The van der Waals surface area contributed by atoms with Gasteiger partial charge in [-0.05, 0) is 50.1 Å². The summed E-state index contributed by atoms with van der Waals surface area (Å²) in [5, 5.41) is 3.28. The van der Waals surface area contributed by atoms with Gasteiger partial charge in [0.2, 0.25) is 0 Å². The predicted octanol–water partition coefficient (Wildman–Crippen LogP) is 2.84. The first-order valence-electron chi connectivity index (χ1n) is 5.19. The zero-order chi connectivity index (χ0) is 11.3. The fraction of sp³-hybridized carbons (Fsp3) is 0.385. The van der Waals surface area contributed by atoms with Crippen molar-refractivity contribution in [1.82, 2.24) is 5.32 Å². The molecule has 1 nitrogen and oxygen atoms in total. The van der Waals surface area contributed by atoms with E-state index in [0.717, 1.165) is 30.6 Å². The number of halogens is 1. The molecule has 0 heterocycles. The number of nitrogens with one attached hydrogen (secondary N) is 1. The van der Waals surface area contributed by atoms with Crippen molar-refractivity contribution < 1.29 is 4.39 Å². The lowest BCUT2D eigenvalue weighted by Gasteiger charge is -2.07. The van der Waals surface area contributed by atoms with Gasteiger partial charge in [-0.15, -0.1) is 0 Å². The standard InChI is InChI=1S/C13H18FN/c1-10(2)9-15-7-6-12-4-5-13(14)8-11(12)3/h4-5,8,15H,1,6-7,9H2,2-3H3. The monoisotopic (exact) mass is 207 g/mol.